The number of hydrogen-bond donors (Lipinski definition) is 1. The molecule has 0 unspecified atom stereocenters. The van der Waals surface area contributed by atoms with Crippen LogP contribution in [0.25, 0.3) is 0 Å². The van der Waals surface area contributed by atoms with Crippen molar-refractivity contribution >= 4 is 5.91 Å². The molecule has 0 saturated carbocycles. The van der Waals surface area contributed by atoms with E-state index in [2.05, 4.69) is 0 Å². The molecule has 6 heteroatoms. The summed E-state index contributed by atoms with van der Waals surface area (Å²) in [5.41, 5.74) is 5.22. The summed E-state index contributed by atoms with van der Waals surface area (Å²) in [6.07, 6.45) is 1.72. The minimum absolute atomic E-state index is 0.200. The Kier molecular flexibility index (Phi) is 4.32. The van der Waals surface area contributed by atoms with Gasteiger partial charge in [0.2, 0.25) is 0 Å². The quantitative estimate of drug-likeness (QED) is 0.848. The number of nitrogens with zero attached hydrogens (tertiary/aromatic N) is 1. The predicted octanol–water partition coefficient (Wildman–Crippen LogP) is 2.30. The summed E-state index contributed by atoms with van der Waals surface area (Å²) in [5, 5.41) is 0. The number of rotatable bonds is 2. The van der Waals surface area contributed by atoms with Crippen LogP contribution in [0.15, 0.2) is 12.1 Å². The maximum Gasteiger partial charge on any atom is 0.257 e. The second kappa shape index (κ2) is 5.83. The Labute approximate surface area is 115 Å². The number of nitrogens with two attached hydrogens (primary N) is 1. The minimum Gasteiger partial charge on any atom is -0.334 e. The zero-order valence-corrected chi connectivity index (χ0v) is 11.2. The van der Waals surface area contributed by atoms with Crippen LogP contribution < -0.4 is 5.73 Å². The first kappa shape index (κ1) is 14.8. The van der Waals surface area contributed by atoms with E-state index in [1.807, 2.05) is 6.92 Å². The van der Waals surface area contributed by atoms with Crippen LogP contribution in [0.1, 0.15) is 30.1 Å². The third kappa shape index (κ3) is 2.52. The Balaban J connectivity index is 2.33. The average Bonchev–Trinajstić information content (AvgIpc) is 2.44. The first-order chi connectivity index (χ1) is 9.47. The fraction of sp³-hybridized carbons (Fsp3) is 0.500. The highest BCUT2D eigenvalue weighted by Crippen LogP contribution is 2.25. The van der Waals surface area contributed by atoms with Gasteiger partial charge in [0, 0.05) is 19.1 Å². The van der Waals surface area contributed by atoms with Gasteiger partial charge in [-0.3, -0.25) is 4.79 Å². The Bertz CT molecular complexity index is 521. The van der Waals surface area contributed by atoms with Gasteiger partial charge in [-0.1, -0.05) is 6.92 Å². The number of hydrogen-bond acceptors (Lipinski definition) is 2. The minimum atomic E-state index is -1.62. The summed E-state index contributed by atoms with van der Waals surface area (Å²) >= 11 is 0. The van der Waals surface area contributed by atoms with Gasteiger partial charge in [-0.05, 0) is 30.9 Å². The maximum absolute atomic E-state index is 13.7. The molecule has 20 heavy (non-hydrogen) atoms. The predicted molar refractivity (Wildman–Crippen MR) is 68.6 cm³/mol. The molecule has 0 aromatic heterocycles. The number of likely N-dealkylation sites (tertiary alicyclic amines) is 1. The van der Waals surface area contributed by atoms with Crippen molar-refractivity contribution in [2.45, 2.75) is 25.8 Å². The average molecular weight is 286 g/mol. The summed E-state index contributed by atoms with van der Waals surface area (Å²) in [4.78, 5) is 13.8. The Morgan fingerprint density at radius 1 is 1.35 bits per heavy atom. The molecule has 1 fully saturated rings. The molecule has 1 saturated heterocycles. The van der Waals surface area contributed by atoms with E-state index in [4.69, 9.17) is 5.73 Å². The van der Waals surface area contributed by atoms with Crippen LogP contribution in [0, 0.1) is 23.4 Å². The maximum atomic E-state index is 13.7. The van der Waals surface area contributed by atoms with Gasteiger partial charge >= 0.3 is 0 Å². The molecule has 1 aliphatic rings. The van der Waals surface area contributed by atoms with E-state index in [-0.39, 0.29) is 18.5 Å². The summed E-state index contributed by atoms with van der Waals surface area (Å²) in [7, 11) is 0. The monoisotopic (exact) mass is 286 g/mol. The number of benzene rings is 1. The molecule has 1 heterocycles. The fourth-order valence-corrected chi connectivity index (χ4v) is 2.71. The van der Waals surface area contributed by atoms with Crippen molar-refractivity contribution in [2.24, 2.45) is 11.7 Å². The van der Waals surface area contributed by atoms with Crippen molar-refractivity contribution in [3.63, 3.8) is 0 Å². The molecule has 0 bridgehead atoms. The lowest BCUT2D eigenvalue weighted by Crippen LogP contribution is -2.51. The molecule has 2 N–H and O–H groups in total. The molecular formula is C14H17F3N2O. The lowest BCUT2D eigenvalue weighted by molar-refractivity contribution is 0.0526. The third-order valence-corrected chi connectivity index (χ3v) is 3.88. The third-order valence-electron chi connectivity index (χ3n) is 3.88. The van der Waals surface area contributed by atoms with E-state index in [1.165, 1.54) is 4.90 Å². The van der Waals surface area contributed by atoms with Crippen LogP contribution in [0.4, 0.5) is 13.2 Å². The van der Waals surface area contributed by atoms with E-state index in [0.717, 1.165) is 25.0 Å². The van der Waals surface area contributed by atoms with Crippen LogP contribution in [0.2, 0.25) is 0 Å². The Hall–Kier alpha value is -1.56. The van der Waals surface area contributed by atoms with Crippen LogP contribution in [0.3, 0.4) is 0 Å². The summed E-state index contributed by atoms with van der Waals surface area (Å²) in [6.45, 7) is 2.68. The zero-order chi connectivity index (χ0) is 14.9. The normalized spacial score (nSPS) is 22.9. The van der Waals surface area contributed by atoms with Gasteiger partial charge in [-0.25, -0.2) is 13.2 Å². The lowest BCUT2D eigenvalue weighted by atomic mass is 9.90. The number of piperidine rings is 1. The molecule has 1 aromatic rings. The van der Waals surface area contributed by atoms with Gasteiger partial charge < -0.3 is 10.6 Å². The van der Waals surface area contributed by atoms with Crippen LogP contribution in [-0.4, -0.2) is 29.9 Å². The van der Waals surface area contributed by atoms with E-state index in [1.54, 1.807) is 0 Å². The van der Waals surface area contributed by atoms with E-state index >= 15 is 0 Å². The summed E-state index contributed by atoms with van der Waals surface area (Å²) in [6, 6.07) is 1.53. The molecule has 0 spiro atoms. The molecule has 0 aliphatic carbocycles. The van der Waals surface area contributed by atoms with Gasteiger partial charge in [0.1, 0.15) is 0 Å². The van der Waals surface area contributed by atoms with Crippen molar-refractivity contribution in [2.75, 3.05) is 13.1 Å². The van der Waals surface area contributed by atoms with E-state index in [9.17, 15) is 18.0 Å². The Morgan fingerprint density at radius 3 is 2.70 bits per heavy atom. The highest BCUT2D eigenvalue weighted by molar-refractivity contribution is 5.94. The van der Waals surface area contributed by atoms with Gasteiger partial charge in [-0.15, -0.1) is 0 Å². The molecule has 1 aromatic carbocycles. The van der Waals surface area contributed by atoms with Crippen molar-refractivity contribution in [1.29, 1.82) is 0 Å². The van der Waals surface area contributed by atoms with E-state index < -0.39 is 28.9 Å². The highest BCUT2D eigenvalue weighted by atomic mass is 19.2. The largest absolute Gasteiger partial charge is 0.334 e. The van der Waals surface area contributed by atoms with Crippen molar-refractivity contribution in [3.05, 3.63) is 35.1 Å². The molecule has 2 rings (SSSR count). The van der Waals surface area contributed by atoms with Crippen LogP contribution in [0.5, 0.6) is 0 Å². The molecule has 2 atom stereocenters. The number of carbonyl (C=O) groups is 1. The number of halogens is 3. The number of carbonyl (C=O) groups excluding carboxylic acids is 1. The van der Waals surface area contributed by atoms with Crippen molar-refractivity contribution in [1.82, 2.24) is 4.90 Å². The first-order valence-electron chi connectivity index (χ1n) is 6.62. The highest BCUT2D eigenvalue weighted by Gasteiger charge is 2.33. The SMILES string of the molecule is C[C@H]1CCCN(C(=O)c2ccc(F)c(F)c2F)[C@@H]1CN. The van der Waals surface area contributed by atoms with E-state index in [0.29, 0.717) is 6.54 Å². The summed E-state index contributed by atoms with van der Waals surface area (Å²) in [5.74, 6) is -4.80. The zero-order valence-electron chi connectivity index (χ0n) is 11.2. The molecule has 3 nitrogen and oxygen atoms in total. The fourth-order valence-electron chi connectivity index (χ4n) is 2.71. The molecule has 1 amide bonds. The van der Waals surface area contributed by atoms with Gasteiger partial charge in [0.25, 0.3) is 5.91 Å². The second-order valence-electron chi connectivity index (χ2n) is 5.14. The van der Waals surface area contributed by atoms with Crippen molar-refractivity contribution in [3.8, 4) is 0 Å². The Morgan fingerprint density at radius 2 is 2.05 bits per heavy atom. The smallest absolute Gasteiger partial charge is 0.257 e. The second-order valence-corrected chi connectivity index (χ2v) is 5.14. The standard InChI is InChI=1S/C14H17F3N2O/c1-8-3-2-6-19(11(8)7-18)14(20)9-4-5-10(15)13(17)12(9)16/h4-5,8,11H,2-3,6-7,18H2,1H3/t8-,11+/m0/s1. The number of amides is 1. The molecular weight excluding hydrogens is 269 g/mol. The molecule has 1 aliphatic heterocycles. The van der Waals surface area contributed by atoms with Gasteiger partial charge in [0.15, 0.2) is 17.5 Å². The van der Waals surface area contributed by atoms with Crippen LogP contribution in [-0.2, 0) is 0 Å². The first-order valence-corrected chi connectivity index (χ1v) is 6.62. The molecule has 0 radical (unpaired) electrons. The summed E-state index contributed by atoms with van der Waals surface area (Å²) < 4.78 is 39.8. The van der Waals surface area contributed by atoms with Gasteiger partial charge in [0.05, 0.1) is 5.56 Å². The molecule has 110 valence electrons. The van der Waals surface area contributed by atoms with Gasteiger partial charge in [-0.2, -0.15) is 0 Å². The lowest BCUT2D eigenvalue weighted by Gasteiger charge is -2.39. The van der Waals surface area contributed by atoms with Crippen LogP contribution >= 0.6 is 0 Å². The van der Waals surface area contributed by atoms with Crippen molar-refractivity contribution < 1.29 is 18.0 Å². The topological polar surface area (TPSA) is 46.3 Å².